The van der Waals surface area contributed by atoms with E-state index in [-0.39, 0.29) is 24.9 Å². The number of nitrogens with zero attached hydrogens (tertiary/aromatic N) is 2. The van der Waals surface area contributed by atoms with E-state index in [1.165, 1.54) is 0 Å². The van der Waals surface area contributed by atoms with Gasteiger partial charge in [-0.05, 0) is 39.1 Å². The summed E-state index contributed by atoms with van der Waals surface area (Å²) in [5.74, 6) is -1.53. The number of aromatic nitrogens is 1. The van der Waals surface area contributed by atoms with E-state index in [2.05, 4.69) is 18.8 Å². The molecule has 1 aliphatic carbocycles. The van der Waals surface area contributed by atoms with Crippen molar-refractivity contribution in [2.75, 3.05) is 14.1 Å². The molecular weight excluding hydrogens is 286 g/mol. The molecule has 0 aliphatic heterocycles. The number of rotatable bonds is 6. The monoisotopic (exact) mass is 312 g/mol. The molecular formula is C17H26F2N2O. The first kappa shape index (κ1) is 17.1. The minimum absolute atomic E-state index is 0.0747. The van der Waals surface area contributed by atoms with Crippen molar-refractivity contribution in [1.29, 1.82) is 0 Å². The molecule has 1 atom stereocenters. The molecule has 5 heteroatoms. The van der Waals surface area contributed by atoms with Crippen LogP contribution in [0.2, 0.25) is 0 Å². The number of alkyl halides is 2. The zero-order valence-electron chi connectivity index (χ0n) is 14.1. The molecule has 3 nitrogen and oxygen atoms in total. The maximum Gasteiger partial charge on any atom is 0.249 e. The minimum Gasteiger partial charge on any atom is -0.488 e. The van der Waals surface area contributed by atoms with Gasteiger partial charge in [0.1, 0.15) is 5.75 Å². The van der Waals surface area contributed by atoms with Crippen molar-refractivity contribution in [2.24, 2.45) is 5.92 Å². The van der Waals surface area contributed by atoms with Crippen molar-refractivity contribution in [2.45, 2.75) is 58.1 Å². The van der Waals surface area contributed by atoms with Crippen LogP contribution in [0.4, 0.5) is 8.78 Å². The maximum atomic E-state index is 13.0. The van der Waals surface area contributed by atoms with Gasteiger partial charge < -0.3 is 9.64 Å². The fourth-order valence-electron chi connectivity index (χ4n) is 2.68. The Bertz CT molecular complexity index is 509. The number of hydrogen-bond donors (Lipinski definition) is 0. The fourth-order valence-corrected chi connectivity index (χ4v) is 2.68. The summed E-state index contributed by atoms with van der Waals surface area (Å²) in [5.41, 5.74) is 1.89. The largest absolute Gasteiger partial charge is 0.488 e. The van der Waals surface area contributed by atoms with Crippen LogP contribution in [0.3, 0.4) is 0 Å². The topological polar surface area (TPSA) is 25.4 Å². The molecule has 0 radical (unpaired) electrons. The second-order valence-corrected chi connectivity index (χ2v) is 6.92. The highest BCUT2D eigenvalue weighted by Gasteiger charge is 2.48. The van der Waals surface area contributed by atoms with Gasteiger partial charge >= 0.3 is 0 Å². The lowest BCUT2D eigenvalue weighted by Crippen LogP contribution is -2.43. The summed E-state index contributed by atoms with van der Waals surface area (Å²) >= 11 is 0. The summed E-state index contributed by atoms with van der Waals surface area (Å²) in [6.45, 7) is 6.74. The van der Waals surface area contributed by atoms with E-state index in [9.17, 15) is 8.78 Å². The Labute approximate surface area is 131 Å². The predicted molar refractivity (Wildman–Crippen MR) is 83.5 cm³/mol. The Kier molecular flexibility index (Phi) is 5.05. The van der Waals surface area contributed by atoms with Gasteiger partial charge in [0.15, 0.2) is 0 Å². The Morgan fingerprint density at radius 3 is 2.41 bits per heavy atom. The normalized spacial score (nSPS) is 19.3. The average Bonchev–Trinajstić information content (AvgIpc) is 2.36. The first-order chi connectivity index (χ1) is 10.2. The lowest BCUT2D eigenvalue weighted by Gasteiger charge is -2.38. The molecule has 0 unspecified atom stereocenters. The Morgan fingerprint density at radius 1 is 1.27 bits per heavy atom. The van der Waals surface area contributed by atoms with E-state index in [1.807, 2.05) is 38.1 Å². The van der Waals surface area contributed by atoms with Gasteiger partial charge in [-0.3, -0.25) is 4.98 Å². The summed E-state index contributed by atoms with van der Waals surface area (Å²) in [6, 6.07) is 3.88. The van der Waals surface area contributed by atoms with Gasteiger partial charge in [-0.25, -0.2) is 8.78 Å². The summed E-state index contributed by atoms with van der Waals surface area (Å²) in [5, 5.41) is 0. The van der Waals surface area contributed by atoms with E-state index < -0.39 is 5.92 Å². The van der Waals surface area contributed by atoms with Gasteiger partial charge in [-0.1, -0.05) is 13.8 Å². The van der Waals surface area contributed by atoms with E-state index in [0.717, 1.165) is 11.4 Å². The molecule has 2 rings (SSSR count). The summed E-state index contributed by atoms with van der Waals surface area (Å²) < 4.78 is 32.0. The Hall–Kier alpha value is -1.23. The molecule has 0 bridgehead atoms. The van der Waals surface area contributed by atoms with Crippen LogP contribution in [0.15, 0.2) is 12.1 Å². The third-order valence-corrected chi connectivity index (χ3v) is 4.11. The van der Waals surface area contributed by atoms with Crippen molar-refractivity contribution in [1.82, 2.24) is 9.88 Å². The zero-order valence-corrected chi connectivity index (χ0v) is 14.1. The highest BCUT2D eigenvalue weighted by atomic mass is 19.3. The molecule has 22 heavy (non-hydrogen) atoms. The van der Waals surface area contributed by atoms with Crippen LogP contribution in [0.1, 0.15) is 50.9 Å². The molecule has 0 amide bonds. The van der Waals surface area contributed by atoms with Crippen LogP contribution >= 0.6 is 0 Å². The minimum atomic E-state index is -2.51. The highest BCUT2D eigenvalue weighted by molar-refractivity contribution is 5.31. The van der Waals surface area contributed by atoms with Gasteiger partial charge in [0.2, 0.25) is 5.92 Å². The number of pyridine rings is 1. The quantitative estimate of drug-likeness (QED) is 0.791. The molecule has 0 saturated heterocycles. The van der Waals surface area contributed by atoms with Crippen LogP contribution in [-0.2, 0) is 6.54 Å². The Balaban J connectivity index is 2.11. The average molecular weight is 312 g/mol. The fraction of sp³-hybridized carbons (Fsp3) is 0.706. The summed E-state index contributed by atoms with van der Waals surface area (Å²) in [4.78, 5) is 6.71. The second-order valence-electron chi connectivity index (χ2n) is 6.92. The van der Waals surface area contributed by atoms with Crippen LogP contribution in [0.25, 0.3) is 0 Å². The van der Waals surface area contributed by atoms with Gasteiger partial charge in [0.25, 0.3) is 0 Å². The SMILES string of the molecule is CC(C)c1ccc(O[C@@H](C)C2CC(F)(F)C2)c(CN(C)C)n1. The Morgan fingerprint density at radius 2 is 1.91 bits per heavy atom. The third-order valence-electron chi connectivity index (χ3n) is 4.11. The second kappa shape index (κ2) is 6.49. The summed E-state index contributed by atoms with van der Waals surface area (Å²) in [6.07, 6.45) is -0.365. The van der Waals surface area contributed by atoms with E-state index in [1.54, 1.807) is 0 Å². The van der Waals surface area contributed by atoms with Crippen molar-refractivity contribution in [3.63, 3.8) is 0 Å². The molecule has 0 aromatic carbocycles. The molecule has 0 N–H and O–H groups in total. The smallest absolute Gasteiger partial charge is 0.249 e. The molecule has 1 fully saturated rings. The summed E-state index contributed by atoms with van der Waals surface area (Å²) in [7, 11) is 3.95. The molecule has 124 valence electrons. The molecule has 1 aliphatic rings. The molecule has 1 saturated carbocycles. The molecule has 0 spiro atoms. The number of hydrogen-bond acceptors (Lipinski definition) is 3. The zero-order chi connectivity index (χ0) is 16.5. The predicted octanol–water partition coefficient (Wildman–Crippen LogP) is 4.08. The first-order valence-electron chi connectivity index (χ1n) is 7.87. The van der Waals surface area contributed by atoms with E-state index in [4.69, 9.17) is 4.74 Å². The van der Waals surface area contributed by atoms with Crippen molar-refractivity contribution >= 4 is 0 Å². The number of ether oxygens (including phenoxy) is 1. The molecule has 1 aromatic rings. The number of halogens is 2. The third kappa shape index (κ3) is 4.15. The van der Waals surface area contributed by atoms with E-state index >= 15 is 0 Å². The van der Waals surface area contributed by atoms with Crippen molar-refractivity contribution < 1.29 is 13.5 Å². The van der Waals surface area contributed by atoms with Gasteiger partial charge in [-0.2, -0.15) is 0 Å². The lowest BCUT2D eigenvalue weighted by molar-refractivity contribution is -0.133. The first-order valence-corrected chi connectivity index (χ1v) is 7.87. The van der Waals surface area contributed by atoms with Crippen molar-refractivity contribution in [3.05, 3.63) is 23.5 Å². The lowest BCUT2D eigenvalue weighted by atomic mass is 9.78. The van der Waals surface area contributed by atoms with Crippen LogP contribution in [0.5, 0.6) is 5.75 Å². The van der Waals surface area contributed by atoms with Crippen molar-refractivity contribution in [3.8, 4) is 5.75 Å². The highest BCUT2D eigenvalue weighted by Crippen LogP contribution is 2.45. The van der Waals surface area contributed by atoms with Gasteiger partial charge in [0.05, 0.1) is 11.8 Å². The molecule has 1 heterocycles. The maximum absolute atomic E-state index is 13.0. The van der Waals surface area contributed by atoms with Crippen LogP contribution in [-0.4, -0.2) is 36.0 Å². The molecule has 1 aromatic heterocycles. The van der Waals surface area contributed by atoms with E-state index in [0.29, 0.717) is 18.2 Å². The van der Waals surface area contributed by atoms with Gasteiger partial charge in [-0.15, -0.1) is 0 Å². The van der Waals surface area contributed by atoms with Gasteiger partial charge in [0, 0.05) is 31.0 Å². The van der Waals surface area contributed by atoms with Crippen LogP contribution < -0.4 is 4.74 Å². The standard InChI is InChI=1S/C17H26F2N2O/c1-11(2)14-6-7-16(15(20-14)10-21(4)5)22-12(3)13-8-17(18,19)9-13/h6-7,11-13H,8-10H2,1-5H3/t12-/m0/s1. The van der Waals surface area contributed by atoms with Crippen LogP contribution in [0, 0.1) is 5.92 Å².